The second-order valence-electron chi connectivity index (χ2n) is 5.69. The Bertz CT molecular complexity index is 396. The second kappa shape index (κ2) is 7.01. The van der Waals surface area contributed by atoms with Gasteiger partial charge in [-0.05, 0) is 50.8 Å². The van der Waals surface area contributed by atoms with Gasteiger partial charge in [0.15, 0.2) is 0 Å². The van der Waals surface area contributed by atoms with Gasteiger partial charge in [0.05, 0.1) is 4.99 Å². The lowest BCUT2D eigenvalue weighted by Crippen LogP contribution is -2.41. The number of piperidine rings is 1. The van der Waals surface area contributed by atoms with Crippen LogP contribution in [0.3, 0.4) is 0 Å². The van der Waals surface area contributed by atoms with E-state index in [9.17, 15) is 0 Å². The molecule has 0 aromatic heterocycles. The standard InChI is InChI=1S/C16H24N2S/c1-13(11-16(17)19)18-9-7-15(8-10-18)12-14-5-3-2-4-6-14/h2-6,13,15H,7-12H2,1H3,(H2,17,19). The molecule has 0 aliphatic carbocycles. The quantitative estimate of drug-likeness (QED) is 0.838. The van der Waals surface area contributed by atoms with Gasteiger partial charge in [-0.2, -0.15) is 0 Å². The maximum Gasteiger partial charge on any atom is 0.0742 e. The van der Waals surface area contributed by atoms with Crippen molar-refractivity contribution in [2.45, 2.75) is 38.6 Å². The molecule has 0 saturated carbocycles. The molecule has 2 rings (SSSR count). The first kappa shape index (κ1) is 14.5. The summed E-state index contributed by atoms with van der Waals surface area (Å²) in [4.78, 5) is 3.17. The van der Waals surface area contributed by atoms with Crippen molar-refractivity contribution in [2.75, 3.05) is 13.1 Å². The Kier molecular flexibility index (Phi) is 5.34. The van der Waals surface area contributed by atoms with E-state index in [4.69, 9.17) is 18.0 Å². The molecule has 0 amide bonds. The number of hydrogen-bond donors (Lipinski definition) is 1. The van der Waals surface area contributed by atoms with Gasteiger partial charge in [0.2, 0.25) is 0 Å². The molecule has 2 nitrogen and oxygen atoms in total. The summed E-state index contributed by atoms with van der Waals surface area (Å²) in [6.45, 7) is 4.60. The van der Waals surface area contributed by atoms with Crippen LogP contribution in [0.25, 0.3) is 0 Å². The van der Waals surface area contributed by atoms with Crippen LogP contribution in [0.2, 0.25) is 0 Å². The highest BCUT2D eigenvalue weighted by molar-refractivity contribution is 7.80. The number of nitrogens with zero attached hydrogens (tertiary/aromatic N) is 1. The molecule has 3 heteroatoms. The third-order valence-corrected chi connectivity index (χ3v) is 4.30. The van der Waals surface area contributed by atoms with E-state index in [1.54, 1.807) is 0 Å². The summed E-state index contributed by atoms with van der Waals surface area (Å²) in [7, 11) is 0. The molecule has 0 radical (unpaired) electrons. The molecule has 1 aromatic carbocycles. The molecule has 1 heterocycles. The van der Waals surface area contributed by atoms with Crippen LogP contribution in [0.5, 0.6) is 0 Å². The van der Waals surface area contributed by atoms with Gasteiger partial charge in [-0.1, -0.05) is 42.5 Å². The zero-order valence-corrected chi connectivity index (χ0v) is 12.5. The van der Waals surface area contributed by atoms with E-state index in [0.29, 0.717) is 11.0 Å². The summed E-state index contributed by atoms with van der Waals surface area (Å²) in [5, 5.41) is 0. The van der Waals surface area contributed by atoms with Gasteiger partial charge in [-0.15, -0.1) is 0 Å². The maximum atomic E-state index is 5.63. The lowest BCUT2D eigenvalue weighted by atomic mass is 9.89. The summed E-state index contributed by atoms with van der Waals surface area (Å²) in [5.74, 6) is 0.829. The minimum atomic E-state index is 0.496. The van der Waals surface area contributed by atoms with Crippen molar-refractivity contribution < 1.29 is 0 Å². The lowest BCUT2D eigenvalue weighted by molar-refractivity contribution is 0.144. The Morgan fingerprint density at radius 1 is 1.32 bits per heavy atom. The minimum absolute atomic E-state index is 0.496. The minimum Gasteiger partial charge on any atom is -0.393 e. The van der Waals surface area contributed by atoms with E-state index >= 15 is 0 Å². The Morgan fingerprint density at radius 2 is 1.95 bits per heavy atom. The van der Waals surface area contributed by atoms with E-state index in [0.717, 1.165) is 12.3 Å². The van der Waals surface area contributed by atoms with E-state index in [1.165, 1.54) is 37.9 Å². The SMILES string of the molecule is CC(CC(N)=S)N1CCC(Cc2ccccc2)CC1. The first-order valence-electron chi connectivity index (χ1n) is 7.21. The van der Waals surface area contributed by atoms with Crippen molar-refractivity contribution in [3.63, 3.8) is 0 Å². The fourth-order valence-corrected chi connectivity index (χ4v) is 3.21. The van der Waals surface area contributed by atoms with Crippen LogP contribution >= 0.6 is 12.2 Å². The van der Waals surface area contributed by atoms with Crippen molar-refractivity contribution in [3.8, 4) is 0 Å². The van der Waals surface area contributed by atoms with Crippen molar-refractivity contribution in [1.82, 2.24) is 4.90 Å². The van der Waals surface area contributed by atoms with E-state index < -0.39 is 0 Å². The molecule has 1 aliphatic rings. The number of likely N-dealkylation sites (tertiary alicyclic amines) is 1. The molecule has 104 valence electrons. The van der Waals surface area contributed by atoms with Gasteiger partial charge in [0, 0.05) is 12.5 Å². The number of rotatable bonds is 5. The summed E-state index contributed by atoms with van der Waals surface area (Å²) < 4.78 is 0. The molecule has 1 fully saturated rings. The predicted molar refractivity (Wildman–Crippen MR) is 85.3 cm³/mol. The molecule has 1 unspecified atom stereocenters. The van der Waals surface area contributed by atoms with E-state index in [-0.39, 0.29) is 0 Å². The van der Waals surface area contributed by atoms with Crippen LogP contribution in [0.1, 0.15) is 31.7 Å². The Hall–Kier alpha value is -0.930. The van der Waals surface area contributed by atoms with Gasteiger partial charge in [0.25, 0.3) is 0 Å². The van der Waals surface area contributed by atoms with Crippen molar-refractivity contribution in [1.29, 1.82) is 0 Å². The van der Waals surface area contributed by atoms with E-state index in [1.807, 2.05) is 0 Å². The van der Waals surface area contributed by atoms with Crippen molar-refractivity contribution in [2.24, 2.45) is 11.7 Å². The first-order valence-corrected chi connectivity index (χ1v) is 7.62. The highest BCUT2D eigenvalue weighted by atomic mass is 32.1. The molecule has 0 spiro atoms. The fourth-order valence-electron chi connectivity index (χ4n) is 2.97. The van der Waals surface area contributed by atoms with E-state index in [2.05, 4.69) is 42.2 Å². The van der Waals surface area contributed by atoms with Crippen molar-refractivity contribution >= 4 is 17.2 Å². The first-order chi connectivity index (χ1) is 9.15. The average Bonchev–Trinajstić information content (AvgIpc) is 2.40. The number of nitrogens with two attached hydrogens (primary N) is 1. The summed E-state index contributed by atoms with van der Waals surface area (Å²) >= 11 is 5.00. The smallest absolute Gasteiger partial charge is 0.0742 e. The van der Waals surface area contributed by atoms with Crippen LogP contribution in [0.15, 0.2) is 30.3 Å². The third kappa shape index (κ3) is 4.59. The number of thiocarbonyl (C=S) groups is 1. The summed E-state index contributed by atoms with van der Waals surface area (Å²) in [6.07, 6.45) is 4.64. The van der Waals surface area contributed by atoms with Crippen LogP contribution in [-0.4, -0.2) is 29.0 Å². The van der Waals surface area contributed by atoms with Crippen LogP contribution < -0.4 is 5.73 Å². The Morgan fingerprint density at radius 3 is 2.53 bits per heavy atom. The topological polar surface area (TPSA) is 29.3 Å². The molecule has 1 atom stereocenters. The zero-order chi connectivity index (χ0) is 13.7. The highest BCUT2D eigenvalue weighted by Gasteiger charge is 2.22. The molecule has 1 saturated heterocycles. The molecule has 2 N–H and O–H groups in total. The number of hydrogen-bond acceptors (Lipinski definition) is 2. The highest BCUT2D eigenvalue weighted by Crippen LogP contribution is 2.23. The predicted octanol–water partition coefficient (Wildman–Crippen LogP) is 3.01. The van der Waals surface area contributed by atoms with Gasteiger partial charge in [-0.3, -0.25) is 0 Å². The molecule has 1 aliphatic heterocycles. The summed E-state index contributed by atoms with van der Waals surface area (Å²) in [5.41, 5.74) is 7.10. The van der Waals surface area contributed by atoms with Crippen LogP contribution in [-0.2, 0) is 6.42 Å². The number of benzene rings is 1. The molecule has 1 aromatic rings. The Labute approximate surface area is 122 Å². The Balaban J connectivity index is 1.78. The largest absolute Gasteiger partial charge is 0.393 e. The lowest BCUT2D eigenvalue weighted by Gasteiger charge is -2.36. The zero-order valence-electron chi connectivity index (χ0n) is 11.7. The van der Waals surface area contributed by atoms with Crippen LogP contribution in [0, 0.1) is 5.92 Å². The molecular formula is C16H24N2S. The second-order valence-corrected chi connectivity index (χ2v) is 6.21. The molecule has 0 bridgehead atoms. The average molecular weight is 276 g/mol. The monoisotopic (exact) mass is 276 g/mol. The van der Waals surface area contributed by atoms with Gasteiger partial charge < -0.3 is 10.6 Å². The normalized spacial score (nSPS) is 19.2. The third-order valence-electron chi connectivity index (χ3n) is 4.14. The summed E-state index contributed by atoms with van der Waals surface area (Å²) in [6, 6.07) is 11.3. The molecular weight excluding hydrogens is 252 g/mol. The van der Waals surface area contributed by atoms with Gasteiger partial charge in [0.1, 0.15) is 0 Å². The fraction of sp³-hybridized carbons (Fsp3) is 0.562. The van der Waals surface area contributed by atoms with Gasteiger partial charge in [-0.25, -0.2) is 0 Å². The van der Waals surface area contributed by atoms with Crippen LogP contribution in [0.4, 0.5) is 0 Å². The maximum absolute atomic E-state index is 5.63. The molecule has 19 heavy (non-hydrogen) atoms. The van der Waals surface area contributed by atoms with Crippen molar-refractivity contribution in [3.05, 3.63) is 35.9 Å². The van der Waals surface area contributed by atoms with Gasteiger partial charge >= 0.3 is 0 Å².